The molecule has 0 atom stereocenters. The third-order valence-electron chi connectivity index (χ3n) is 5.58. The van der Waals surface area contributed by atoms with Gasteiger partial charge in [-0.25, -0.2) is 4.79 Å². The molecule has 0 aliphatic rings. The fraction of sp³-hybridized carbons (Fsp3) is 0.393. The lowest BCUT2D eigenvalue weighted by Crippen LogP contribution is -2.03. The first kappa shape index (κ1) is 24.1. The Labute approximate surface area is 196 Å². The van der Waals surface area contributed by atoms with Gasteiger partial charge in [-0.1, -0.05) is 45.9 Å². The number of rotatable bonds is 8. The Hall–Kier alpha value is -2.59. The highest BCUT2D eigenvalue weighted by molar-refractivity contribution is 7.20. The summed E-state index contributed by atoms with van der Waals surface area (Å²) in [5, 5.41) is 1.18. The Kier molecular flexibility index (Phi) is 7.78. The van der Waals surface area contributed by atoms with Gasteiger partial charge >= 0.3 is 5.97 Å². The van der Waals surface area contributed by atoms with E-state index in [0.717, 1.165) is 21.8 Å². The SMILES string of the molecule is CCOC(=O)/C=C(\C)c1cc2c(-c3cc(C(C)C)cc(C(C)C)c3OCC)cccc2s1. The zero-order chi connectivity index (χ0) is 23.4. The Bertz CT molecular complexity index is 1140. The van der Waals surface area contributed by atoms with Gasteiger partial charge in [0.1, 0.15) is 5.75 Å². The van der Waals surface area contributed by atoms with Crippen molar-refractivity contribution in [1.82, 2.24) is 0 Å². The molecule has 3 rings (SSSR count). The summed E-state index contributed by atoms with van der Waals surface area (Å²) in [4.78, 5) is 13.0. The number of thiophene rings is 1. The average molecular weight is 451 g/mol. The summed E-state index contributed by atoms with van der Waals surface area (Å²) in [5.74, 6) is 1.47. The van der Waals surface area contributed by atoms with Crippen molar-refractivity contribution in [3.63, 3.8) is 0 Å². The Morgan fingerprint density at radius 2 is 1.75 bits per heavy atom. The van der Waals surface area contributed by atoms with Gasteiger partial charge in [0.15, 0.2) is 0 Å². The van der Waals surface area contributed by atoms with Crippen LogP contribution < -0.4 is 4.74 Å². The van der Waals surface area contributed by atoms with Crippen molar-refractivity contribution in [1.29, 1.82) is 0 Å². The van der Waals surface area contributed by atoms with Gasteiger partial charge in [-0.05, 0) is 73.1 Å². The van der Waals surface area contributed by atoms with Crippen LogP contribution >= 0.6 is 11.3 Å². The summed E-state index contributed by atoms with van der Waals surface area (Å²) in [6.07, 6.45) is 1.58. The van der Waals surface area contributed by atoms with Gasteiger partial charge in [0.05, 0.1) is 13.2 Å². The van der Waals surface area contributed by atoms with Crippen LogP contribution in [0, 0.1) is 0 Å². The normalized spacial score (nSPS) is 12.1. The molecule has 1 heterocycles. The predicted molar refractivity (Wildman–Crippen MR) is 137 cm³/mol. The van der Waals surface area contributed by atoms with Crippen molar-refractivity contribution in [2.75, 3.05) is 13.2 Å². The van der Waals surface area contributed by atoms with Gasteiger partial charge in [-0.15, -0.1) is 11.3 Å². The molecule has 1 aromatic heterocycles. The van der Waals surface area contributed by atoms with Crippen molar-refractivity contribution < 1.29 is 14.3 Å². The molecule has 0 saturated carbocycles. The van der Waals surface area contributed by atoms with E-state index >= 15 is 0 Å². The number of allylic oxidation sites excluding steroid dienone is 1. The van der Waals surface area contributed by atoms with E-state index < -0.39 is 0 Å². The van der Waals surface area contributed by atoms with E-state index in [9.17, 15) is 4.79 Å². The van der Waals surface area contributed by atoms with Crippen LogP contribution in [0.2, 0.25) is 0 Å². The average Bonchev–Trinajstić information content (AvgIpc) is 3.18. The third kappa shape index (κ3) is 5.07. The van der Waals surface area contributed by atoms with Crippen molar-refractivity contribution in [3.05, 3.63) is 58.5 Å². The molecule has 0 radical (unpaired) electrons. The van der Waals surface area contributed by atoms with Crippen molar-refractivity contribution in [3.8, 4) is 16.9 Å². The smallest absolute Gasteiger partial charge is 0.331 e. The summed E-state index contributed by atoms with van der Waals surface area (Å²) >= 11 is 1.70. The molecule has 0 bridgehead atoms. The first-order chi connectivity index (χ1) is 15.3. The number of esters is 1. The van der Waals surface area contributed by atoms with E-state index in [1.165, 1.54) is 26.8 Å². The van der Waals surface area contributed by atoms with Crippen LogP contribution in [-0.2, 0) is 9.53 Å². The van der Waals surface area contributed by atoms with Gasteiger partial charge in [-0.3, -0.25) is 0 Å². The molecule has 3 aromatic rings. The highest BCUT2D eigenvalue weighted by atomic mass is 32.1. The number of benzene rings is 2. The number of ether oxygens (including phenoxy) is 2. The van der Waals surface area contributed by atoms with Crippen molar-refractivity contribution >= 4 is 33.0 Å². The van der Waals surface area contributed by atoms with E-state index in [1.54, 1.807) is 17.4 Å². The summed E-state index contributed by atoms with van der Waals surface area (Å²) in [6.45, 7) is 15.7. The maximum absolute atomic E-state index is 11.9. The zero-order valence-corrected chi connectivity index (χ0v) is 21.1. The number of fused-ring (bicyclic) bond motifs is 1. The molecule has 4 heteroatoms. The van der Waals surface area contributed by atoms with Crippen LogP contribution in [0.4, 0.5) is 0 Å². The molecular weight excluding hydrogens is 416 g/mol. The Morgan fingerprint density at radius 3 is 2.38 bits per heavy atom. The molecule has 32 heavy (non-hydrogen) atoms. The van der Waals surface area contributed by atoms with Crippen LogP contribution in [-0.4, -0.2) is 19.2 Å². The minimum absolute atomic E-state index is 0.299. The van der Waals surface area contributed by atoms with E-state index in [4.69, 9.17) is 9.47 Å². The minimum Gasteiger partial charge on any atom is -0.493 e. The van der Waals surface area contributed by atoms with Crippen LogP contribution in [0.25, 0.3) is 26.8 Å². The molecule has 0 amide bonds. The second-order valence-electron chi connectivity index (χ2n) is 8.64. The molecule has 0 saturated heterocycles. The number of carbonyl (C=O) groups excluding carboxylic acids is 1. The van der Waals surface area contributed by atoms with Gasteiger partial charge < -0.3 is 9.47 Å². The highest BCUT2D eigenvalue weighted by Crippen LogP contribution is 2.44. The molecular formula is C28H34O3S. The maximum atomic E-state index is 11.9. The Balaban J connectivity index is 2.23. The lowest BCUT2D eigenvalue weighted by molar-refractivity contribution is -0.137. The van der Waals surface area contributed by atoms with Crippen LogP contribution in [0.3, 0.4) is 0 Å². The number of hydrogen-bond donors (Lipinski definition) is 0. The van der Waals surface area contributed by atoms with Crippen LogP contribution in [0.15, 0.2) is 42.5 Å². The first-order valence-electron chi connectivity index (χ1n) is 11.5. The fourth-order valence-electron chi connectivity index (χ4n) is 3.86. The van der Waals surface area contributed by atoms with Crippen molar-refractivity contribution in [2.24, 2.45) is 0 Å². The standard InChI is InChI=1S/C28H34O3S/c1-8-30-27(29)13-19(7)26-16-23-21(11-10-12-25(23)32-26)24-15-20(17(3)4)14-22(18(5)6)28(24)31-9-2/h10-18H,8-9H2,1-7H3/b19-13+. The maximum Gasteiger partial charge on any atom is 0.331 e. The molecule has 0 unspecified atom stereocenters. The minimum atomic E-state index is -0.299. The third-order valence-corrected chi connectivity index (χ3v) is 6.81. The highest BCUT2D eigenvalue weighted by Gasteiger charge is 2.20. The van der Waals surface area contributed by atoms with E-state index in [0.29, 0.717) is 25.0 Å². The quantitative estimate of drug-likeness (QED) is 0.256. The molecule has 0 aliphatic heterocycles. The van der Waals surface area contributed by atoms with Crippen molar-refractivity contribution in [2.45, 2.75) is 60.3 Å². The lowest BCUT2D eigenvalue weighted by atomic mass is 9.88. The van der Waals surface area contributed by atoms with Crippen LogP contribution in [0.5, 0.6) is 5.75 Å². The number of carbonyl (C=O) groups is 1. The molecule has 2 aromatic carbocycles. The van der Waals surface area contributed by atoms with Gasteiger partial charge in [0, 0.05) is 26.6 Å². The van der Waals surface area contributed by atoms with Gasteiger partial charge in [0.25, 0.3) is 0 Å². The molecule has 0 N–H and O–H groups in total. The second kappa shape index (κ2) is 10.4. The van der Waals surface area contributed by atoms with E-state index in [-0.39, 0.29) is 5.97 Å². The first-order valence-corrected chi connectivity index (χ1v) is 12.3. The molecule has 0 spiro atoms. The topological polar surface area (TPSA) is 35.5 Å². The number of hydrogen-bond acceptors (Lipinski definition) is 4. The lowest BCUT2D eigenvalue weighted by Gasteiger charge is -2.21. The van der Waals surface area contributed by atoms with Crippen LogP contribution in [0.1, 0.15) is 76.3 Å². The fourth-order valence-corrected chi connectivity index (χ4v) is 4.92. The summed E-state index contributed by atoms with van der Waals surface area (Å²) < 4.78 is 12.5. The Morgan fingerprint density at radius 1 is 1.00 bits per heavy atom. The monoisotopic (exact) mass is 450 g/mol. The summed E-state index contributed by atoms with van der Waals surface area (Å²) in [5.41, 5.74) is 5.79. The largest absolute Gasteiger partial charge is 0.493 e. The molecule has 170 valence electrons. The molecule has 3 nitrogen and oxygen atoms in total. The van der Waals surface area contributed by atoms with E-state index in [2.05, 4.69) is 64.1 Å². The van der Waals surface area contributed by atoms with Gasteiger partial charge in [0.2, 0.25) is 0 Å². The van der Waals surface area contributed by atoms with Gasteiger partial charge in [-0.2, -0.15) is 0 Å². The zero-order valence-electron chi connectivity index (χ0n) is 20.2. The molecule has 0 fully saturated rings. The second-order valence-corrected chi connectivity index (χ2v) is 9.72. The molecule has 0 aliphatic carbocycles. The van der Waals surface area contributed by atoms with E-state index in [1.807, 2.05) is 20.8 Å². The summed E-state index contributed by atoms with van der Waals surface area (Å²) in [7, 11) is 0. The predicted octanol–water partition coefficient (Wildman–Crippen LogP) is 8.18. The summed E-state index contributed by atoms with van der Waals surface area (Å²) in [6, 6.07) is 13.2.